The summed E-state index contributed by atoms with van der Waals surface area (Å²) >= 11 is 0. The Morgan fingerprint density at radius 3 is 2.72 bits per heavy atom. The molecule has 0 aromatic heterocycles. The molecule has 0 spiro atoms. The first-order valence-electron chi connectivity index (χ1n) is 6.39. The van der Waals surface area contributed by atoms with Gasteiger partial charge in [-0.3, -0.25) is 0 Å². The first-order chi connectivity index (χ1) is 8.63. The SMILES string of the molecule is C=CC1=C(/C=C(\C)C(C)C)COc2ccccc21. The van der Waals surface area contributed by atoms with Gasteiger partial charge in [0.15, 0.2) is 0 Å². The third kappa shape index (κ3) is 2.40. The van der Waals surface area contributed by atoms with E-state index < -0.39 is 0 Å². The lowest BCUT2D eigenvalue weighted by molar-refractivity contribution is 0.349. The van der Waals surface area contributed by atoms with E-state index in [2.05, 4.69) is 39.5 Å². The molecule has 0 amide bonds. The van der Waals surface area contributed by atoms with E-state index in [0.29, 0.717) is 12.5 Å². The molecule has 0 aliphatic carbocycles. The van der Waals surface area contributed by atoms with Crippen LogP contribution in [0.25, 0.3) is 5.57 Å². The lowest BCUT2D eigenvalue weighted by Gasteiger charge is -2.21. The number of rotatable bonds is 3. The van der Waals surface area contributed by atoms with Gasteiger partial charge in [0.05, 0.1) is 0 Å². The number of hydrogen-bond donors (Lipinski definition) is 0. The molecule has 0 fully saturated rings. The molecular weight excluding hydrogens is 220 g/mol. The van der Waals surface area contributed by atoms with Crippen molar-refractivity contribution in [3.05, 3.63) is 59.7 Å². The Balaban J connectivity index is 2.50. The maximum Gasteiger partial charge on any atom is 0.127 e. The average molecular weight is 240 g/mol. The zero-order valence-electron chi connectivity index (χ0n) is 11.4. The fourth-order valence-electron chi connectivity index (χ4n) is 2.02. The maximum atomic E-state index is 5.80. The molecule has 0 N–H and O–H groups in total. The zero-order chi connectivity index (χ0) is 13.1. The van der Waals surface area contributed by atoms with Gasteiger partial charge in [0.25, 0.3) is 0 Å². The monoisotopic (exact) mass is 240 g/mol. The van der Waals surface area contributed by atoms with Gasteiger partial charge in [-0.05, 0) is 30.1 Å². The smallest absolute Gasteiger partial charge is 0.127 e. The lowest BCUT2D eigenvalue weighted by atomic mass is 9.94. The van der Waals surface area contributed by atoms with Crippen molar-refractivity contribution in [1.29, 1.82) is 0 Å². The van der Waals surface area contributed by atoms with Gasteiger partial charge in [0, 0.05) is 5.56 Å². The molecule has 1 heterocycles. The summed E-state index contributed by atoms with van der Waals surface area (Å²) in [6, 6.07) is 8.13. The van der Waals surface area contributed by atoms with Crippen LogP contribution in [0.15, 0.2) is 54.1 Å². The van der Waals surface area contributed by atoms with Crippen molar-refractivity contribution in [2.45, 2.75) is 20.8 Å². The zero-order valence-corrected chi connectivity index (χ0v) is 11.4. The number of hydrogen-bond acceptors (Lipinski definition) is 1. The van der Waals surface area contributed by atoms with Crippen LogP contribution in [-0.4, -0.2) is 6.61 Å². The third-order valence-electron chi connectivity index (χ3n) is 3.42. The fraction of sp³-hybridized carbons (Fsp3) is 0.294. The predicted molar refractivity (Wildman–Crippen MR) is 77.6 cm³/mol. The standard InChI is InChI=1S/C17H20O/c1-5-15-14(10-13(4)12(2)3)11-18-17-9-7-6-8-16(15)17/h5-10,12H,1,11H2,2-4H3/b13-10+. The van der Waals surface area contributed by atoms with Crippen molar-refractivity contribution >= 4 is 5.57 Å². The van der Waals surface area contributed by atoms with Gasteiger partial charge in [-0.1, -0.05) is 56.4 Å². The molecule has 1 aromatic carbocycles. The maximum absolute atomic E-state index is 5.80. The molecule has 94 valence electrons. The normalized spacial score (nSPS) is 15.4. The van der Waals surface area contributed by atoms with Crippen LogP contribution in [-0.2, 0) is 0 Å². The highest BCUT2D eigenvalue weighted by atomic mass is 16.5. The summed E-state index contributed by atoms with van der Waals surface area (Å²) in [5, 5.41) is 0. The van der Waals surface area contributed by atoms with Crippen molar-refractivity contribution in [3.63, 3.8) is 0 Å². The van der Waals surface area contributed by atoms with Gasteiger partial charge in [0.1, 0.15) is 12.4 Å². The van der Waals surface area contributed by atoms with E-state index in [4.69, 9.17) is 4.74 Å². The van der Waals surface area contributed by atoms with Gasteiger partial charge in [-0.2, -0.15) is 0 Å². The summed E-state index contributed by atoms with van der Waals surface area (Å²) in [6.45, 7) is 11.1. The molecule has 0 saturated carbocycles. The summed E-state index contributed by atoms with van der Waals surface area (Å²) in [6.07, 6.45) is 4.17. The van der Waals surface area contributed by atoms with Gasteiger partial charge < -0.3 is 4.74 Å². The molecule has 1 heteroatoms. The molecule has 1 aliphatic heterocycles. The van der Waals surface area contributed by atoms with Gasteiger partial charge >= 0.3 is 0 Å². The van der Waals surface area contributed by atoms with Crippen LogP contribution >= 0.6 is 0 Å². The number of benzene rings is 1. The summed E-state index contributed by atoms with van der Waals surface area (Å²) in [4.78, 5) is 0. The van der Waals surface area contributed by atoms with Crippen LogP contribution in [0.4, 0.5) is 0 Å². The van der Waals surface area contributed by atoms with E-state index in [0.717, 1.165) is 11.3 Å². The van der Waals surface area contributed by atoms with E-state index in [1.54, 1.807) is 0 Å². The second kappa shape index (κ2) is 5.26. The minimum absolute atomic E-state index is 0.556. The molecular formula is C17H20O. The molecule has 18 heavy (non-hydrogen) atoms. The molecule has 0 bridgehead atoms. The summed E-state index contributed by atoms with van der Waals surface area (Å²) in [5.74, 6) is 1.51. The van der Waals surface area contributed by atoms with Crippen LogP contribution in [0, 0.1) is 5.92 Å². The summed E-state index contributed by atoms with van der Waals surface area (Å²) in [5.41, 5.74) is 4.92. The van der Waals surface area contributed by atoms with Crippen molar-refractivity contribution in [2.24, 2.45) is 5.92 Å². The number of para-hydroxylation sites is 1. The van der Waals surface area contributed by atoms with Gasteiger partial charge in [0.2, 0.25) is 0 Å². The molecule has 1 aromatic rings. The highest BCUT2D eigenvalue weighted by Gasteiger charge is 2.16. The topological polar surface area (TPSA) is 9.23 Å². The average Bonchev–Trinajstić information content (AvgIpc) is 2.38. The van der Waals surface area contributed by atoms with E-state index >= 15 is 0 Å². The largest absolute Gasteiger partial charge is 0.488 e. The van der Waals surface area contributed by atoms with Crippen molar-refractivity contribution in [2.75, 3.05) is 6.61 Å². The summed E-state index contributed by atoms with van der Waals surface area (Å²) in [7, 11) is 0. The minimum atomic E-state index is 0.556. The molecule has 0 atom stereocenters. The van der Waals surface area contributed by atoms with Crippen LogP contribution in [0.1, 0.15) is 26.3 Å². The van der Waals surface area contributed by atoms with E-state index in [1.807, 2.05) is 24.3 Å². The lowest BCUT2D eigenvalue weighted by Crippen LogP contribution is -2.10. The number of allylic oxidation sites excluding steroid dienone is 3. The highest BCUT2D eigenvalue weighted by molar-refractivity contribution is 5.82. The Morgan fingerprint density at radius 2 is 2.06 bits per heavy atom. The van der Waals surface area contributed by atoms with Crippen molar-refractivity contribution in [3.8, 4) is 5.75 Å². The van der Waals surface area contributed by atoms with Crippen LogP contribution < -0.4 is 4.74 Å². The van der Waals surface area contributed by atoms with Gasteiger partial charge in [-0.25, -0.2) is 0 Å². The Kier molecular flexibility index (Phi) is 3.71. The molecule has 2 rings (SSSR count). The molecule has 0 saturated heterocycles. The molecule has 1 nitrogen and oxygen atoms in total. The second-order valence-corrected chi connectivity index (χ2v) is 4.97. The van der Waals surface area contributed by atoms with Crippen molar-refractivity contribution in [1.82, 2.24) is 0 Å². The van der Waals surface area contributed by atoms with Crippen LogP contribution in [0.2, 0.25) is 0 Å². The van der Waals surface area contributed by atoms with Crippen LogP contribution in [0.5, 0.6) is 5.75 Å². The molecule has 0 unspecified atom stereocenters. The van der Waals surface area contributed by atoms with Crippen molar-refractivity contribution < 1.29 is 4.74 Å². The van der Waals surface area contributed by atoms with Crippen LogP contribution in [0.3, 0.4) is 0 Å². The first-order valence-corrected chi connectivity index (χ1v) is 6.39. The second-order valence-electron chi connectivity index (χ2n) is 4.97. The molecule has 0 radical (unpaired) electrons. The summed E-state index contributed by atoms with van der Waals surface area (Å²) < 4.78 is 5.80. The van der Waals surface area contributed by atoms with Gasteiger partial charge in [-0.15, -0.1) is 0 Å². The third-order valence-corrected chi connectivity index (χ3v) is 3.42. The molecule has 1 aliphatic rings. The number of ether oxygens (including phenoxy) is 1. The van der Waals surface area contributed by atoms with E-state index in [1.165, 1.54) is 16.7 Å². The highest BCUT2D eigenvalue weighted by Crippen LogP contribution is 2.34. The Bertz CT molecular complexity index is 518. The van der Waals surface area contributed by atoms with E-state index in [-0.39, 0.29) is 0 Å². The number of fused-ring (bicyclic) bond motifs is 1. The fourth-order valence-corrected chi connectivity index (χ4v) is 2.02. The van der Waals surface area contributed by atoms with E-state index in [9.17, 15) is 0 Å². The Hall–Kier alpha value is -1.76. The first kappa shape index (κ1) is 12.7. The predicted octanol–water partition coefficient (Wildman–Crippen LogP) is 4.62. The Labute approximate surface area is 109 Å². The minimum Gasteiger partial charge on any atom is -0.488 e. The quantitative estimate of drug-likeness (QED) is 0.749. The Morgan fingerprint density at radius 1 is 1.33 bits per heavy atom.